The average molecular weight is 334 g/mol. The normalized spacial score (nSPS) is 17.9. The highest BCUT2D eigenvalue weighted by atomic mass is 16.7. The summed E-state index contributed by atoms with van der Waals surface area (Å²) in [6.07, 6.45) is 7.73. The molecular formula is C21H35NO2. The zero-order valence-corrected chi connectivity index (χ0v) is 15.9. The number of rotatable bonds is 8. The second-order valence-corrected chi connectivity index (χ2v) is 8.26. The van der Waals surface area contributed by atoms with Gasteiger partial charge in [0.1, 0.15) is 5.75 Å². The topological polar surface area (TPSA) is 44.5 Å². The summed E-state index contributed by atoms with van der Waals surface area (Å²) >= 11 is 0. The van der Waals surface area contributed by atoms with Crippen LogP contribution < -0.4 is 10.5 Å². The van der Waals surface area contributed by atoms with E-state index in [9.17, 15) is 0 Å². The molecular weight excluding hydrogens is 298 g/mol. The van der Waals surface area contributed by atoms with E-state index in [-0.39, 0.29) is 5.54 Å². The first-order chi connectivity index (χ1) is 11.4. The molecule has 136 valence electrons. The molecule has 1 aliphatic carbocycles. The molecule has 1 aromatic carbocycles. The van der Waals surface area contributed by atoms with Crippen LogP contribution in [0.3, 0.4) is 0 Å². The molecule has 1 fully saturated rings. The molecule has 0 heterocycles. The van der Waals surface area contributed by atoms with E-state index >= 15 is 0 Å². The maximum absolute atomic E-state index is 6.41. The van der Waals surface area contributed by atoms with E-state index in [1.165, 1.54) is 37.7 Å². The lowest BCUT2D eigenvalue weighted by Gasteiger charge is -2.32. The lowest BCUT2D eigenvalue weighted by molar-refractivity contribution is -0.0497. The summed E-state index contributed by atoms with van der Waals surface area (Å²) in [5.41, 5.74) is 7.47. The van der Waals surface area contributed by atoms with Crippen LogP contribution in [0.15, 0.2) is 24.3 Å². The van der Waals surface area contributed by atoms with Crippen molar-refractivity contribution < 1.29 is 9.47 Å². The molecule has 3 nitrogen and oxygen atoms in total. The number of nitrogens with two attached hydrogens (primary N) is 1. The molecule has 2 N–H and O–H groups in total. The van der Waals surface area contributed by atoms with E-state index < -0.39 is 0 Å². The Morgan fingerprint density at radius 3 is 2.25 bits per heavy atom. The molecule has 1 saturated carbocycles. The predicted octanol–water partition coefficient (Wildman–Crippen LogP) is 5.24. The van der Waals surface area contributed by atoms with E-state index in [1.807, 2.05) is 12.1 Å². The van der Waals surface area contributed by atoms with Crippen molar-refractivity contribution in [3.8, 4) is 5.75 Å². The van der Waals surface area contributed by atoms with Gasteiger partial charge in [0, 0.05) is 11.5 Å². The van der Waals surface area contributed by atoms with Gasteiger partial charge in [0.2, 0.25) is 0 Å². The van der Waals surface area contributed by atoms with Gasteiger partial charge in [0.15, 0.2) is 6.79 Å². The maximum atomic E-state index is 6.41. The monoisotopic (exact) mass is 333 g/mol. The van der Waals surface area contributed by atoms with Crippen LogP contribution in [-0.2, 0) is 4.74 Å². The quantitative estimate of drug-likeness (QED) is 0.662. The van der Waals surface area contributed by atoms with Crippen LogP contribution in [0.1, 0.15) is 77.7 Å². The SMILES string of the molecule is CC(C)CC(c1ccc(OCOC2CCCCC2)cc1)C(C)(C)N. The summed E-state index contributed by atoms with van der Waals surface area (Å²) in [5, 5.41) is 0. The van der Waals surface area contributed by atoms with E-state index in [0.29, 0.717) is 24.7 Å². The lowest BCUT2D eigenvalue weighted by Crippen LogP contribution is -2.39. The van der Waals surface area contributed by atoms with Gasteiger partial charge in [-0.3, -0.25) is 0 Å². The third kappa shape index (κ3) is 6.10. The summed E-state index contributed by atoms with van der Waals surface area (Å²) in [4.78, 5) is 0. The highest BCUT2D eigenvalue weighted by Gasteiger charge is 2.27. The molecule has 1 aromatic rings. The van der Waals surface area contributed by atoms with Crippen LogP contribution in [0.25, 0.3) is 0 Å². The molecule has 0 bridgehead atoms. The molecule has 0 amide bonds. The molecule has 0 aliphatic heterocycles. The number of benzene rings is 1. The van der Waals surface area contributed by atoms with Gasteiger partial charge in [0.05, 0.1) is 6.10 Å². The second-order valence-electron chi connectivity index (χ2n) is 8.26. The second kappa shape index (κ2) is 8.87. The van der Waals surface area contributed by atoms with Crippen LogP contribution in [0.2, 0.25) is 0 Å². The summed E-state index contributed by atoms with van der Waals surface area (Å²) in [6.45, 7) is 9.07. The fourth-order valence-corrected chi connectivity index (χ4v) is 3.57. The van der Waals surface area contributed by atoms with Gasteiger partial charge < -0.3 is 15.2 Å². The smallest absolute Gasteiger partial charge is 0.189 e. The molecule has 0 aromatic heterocycles. The average Bonchev–Trinajstić information content (AvgIpc) is 2.53. The van der Waals surface area contributed by atoms with Crippen molar-refractivity contribution in [3.05, 3.63) is 29.8 Å². The Morgan fingerprint density at radius 1 is 1.08 bits per heavy atom. The van der Waals surface area contributed by atoms with Crippen molar-refractivity contribution in [2.75, 3.05) is 6.79 Å². The van der Waals surface area contributed by atoms with Gasteiger partial charge in [-0.1, -0.05) is 45.2 Å². The standard InChI is InChI=1S/C21H35NO2/c1-16(2)14-20(21(3,4)22)17-10-12-19(13-11-17)24-15-23-18-8-6-5-7-9-18/h10-13,16,18,20H,5-9,14-15,22H2,1-4H3. The van der Waals surface area contributed by atoms with Crippen molar-refractivity contribution in [2.45, 2.75) is 83.8 Å². The first kappa shape index (κ1) is 19.3. The van der Waals surface area contributed by atoms with Gasteiger partial charge in [0.25, 0.3) is 0 Å². The molecule has 1 atom stereocenters. The van der Waals surface area contributed by atoms with Gasteiger partial charge in [-0.15, -0.1) is 0 Å². The van der Waals surface area contributed by atoms with E-state index in [2.05, 4.69) is 39.8 Å². The minimum Gasteiger partial charge on any atom is -0.468 e. The van der Waals surface area contributed by atoms with E-state index in [1.54, 1.807) is 0 Å². The Hall–Kier alpha value is -1.06. The van der Waals surface area contributed by atoms with Crippen molar-refractivity contribution in [1.82, 2.24) is 0 Å². The molecule has 3 heteroatoms. The largest absolute Gasteiger partial charge is 0.468 e. The molecule has 24 heavy (non-hydrogen) atoms. The van der Waals surface area contributed by atoms with E-state index in [4.69, 9.17) is 15.2 Å². The van der Waals surface area contributed by atoms with Crippen molar-refractivity contribution in [2.24, 2.45) is 11.7 Å². The Bertz CT molecular complexity index is 470. The van der Waals surface area contributed by atoms with Crippen LogP contribution in [-0.4, -0.2) is 18.4 Å². The third-order valence-electron chi connectivity index (χ3n) is 4.97. The fraction of sp³-hybridized carbons (Fsp3) is 0.714. The minimum absolute atomic E-state index is 0.225. The number of hydrogen-bond donors (Lipinski definition) is 1. The summed E-state index contributed by atoms with van der Waals surface area (Å²) < 4.78 is 11.6. The van der Waals surface area contributed by atoms with Gasteiger partial charge in [-0.05, 0) is 56.7 Å². The maximum Gasteiger partial charge on any atom is 0.189 e. The van der Waals surface area contributed by atoms with Crippen molar-refractivity contribution in [1.29, 1.82) is 0 Å². The summed E-state index contributed by atoms with van der Waals surface area (Å²) in [7, 11) is 0. The van der Waals surface area contributed by atoms with Crippen LogP contribution in [0, 0.1) is 5.92 Å². The zero-order chi connectivity index (χ0) is 17.6. The number of hydrogen-bond acceptors (Lipinski definition) is 3. The fourth-order valence-electron chi connectivity index (χ4n) is 3.57. The van der Waals surface area contributed by atoms with E-state index in [0.717, 1.165) is 12.2 Å². The predicted molar refractivity (Wildman–Crippen MR) is 100 cm³/mol. The third-order valence-corrected chi connectivity index (χ3v) is 4.97. The molecule has 1 unspecified atom stereocenters. The first-order valence-electron chi connectivity index (χ1n) is 9.49. The van der Waals surface area contributed by atoms with Crippen LogP contribution >= 0.6 is 0 Å². The summed E-state index contributed by atoms with van der Waals surface area (Å²) in [5.74, 6) is 1.84. The lowest BCUT2D eigenvalue weighted by atomic mass is 9.77. The van der Waals surface area contributed by atoms with Gasteiger partial charge >= 0.3 is 0 Å². The highest BCUT2D eigenvalue weighted by Crippen LogP contribution is 2.33. The van der Waals surface area contributed by atoms with Crippen molar-refractivity contribution >= 4 is 0 Å². The van der Waals surface area contributed by atoms with Crippen LogP contribution in [0.5, 0.6) is 5.75 Å². The van der Waals surface area contributed by atoms with Crippen molar-refractivity contribution in [3.63, 3.8) is 0 Å². The highest BCUT2D eigenvalue weighted by molar-refractivity contribution is 5.31. The van der Waals surface area contributed by atoms with Gasteiger partial charge in [-0.2, -0.15) is 0 Å². The summed E-state index contributed by atoms with van der Waals surface area (Å²) in [6, 6.07) is 8.38. The Morgan fingerprint density at radius 2 is 1.71 bits per heavy atom. The molecule has 0 radical (unpaired) electrons. The molecule has 2 rings (SSSR count). The molecule has 1 aliphatic rings. The number of ether oxygens (including phenoxy) is 2. The van der Waals surface area contributed by atoms with Crippen LogP contribution in [0.4, 0.5) is 0 Å². The molecule has 0 saturated heterocycles. The Labute approximate surface area is 147 Å². The zero-order valence-electron chi connectivity index (χ0n) is 15.9. The molecule has 0 spiro atoms. The minimum atomic E-state index is -0.225. The Kier molecular flexibility index (Phi) is 7.12. The first-order valence-corrected chi connectivity index (χ1v) is 9.49. The van der Waals surface area contributed by atoms with Gasteiger partial charge in [-0.25, -0.2) is 0 Å². The Balaban J connectivity index is 1.88.